The molecular formula is C22H39NO4. The second-order valence-corrected chi connectivity index (χ2v) is 7.19. The molecule has 0 atom stereocenters. The van der Waals surface area contributed by atoms with Gasteiger partial charge in [0.05, 0.1) is 7.11 Å². The highest BCUT2D eigenvalue weighted by atomic mass is 16.5. The maximum Gasteiger partial charge on any atom is 0.334 e. The molecule has 0 unspecified atom stereocenters. The Morgan fingerprint density at radius 3 is 1.67 bits per heavy atom. The third-order valence-electron chi connectivity index (χ3n) is 4.70. The summed E-state index contributed by atoms with van der Waals surface area (Å²) >= 11 is 0. The van der Waals surface area contributed by atoms with Crippen molar-refractivity contribution < 1.29 is 19.1 Å². The van der Waals surface area contributed by atoms with Gasteiger partial charge < -0.3 is 10.1 Å². The zero-order valence-electron chi connectivity index (χ0n) is 17.4. The van der Waals surface area contributed by atoms with Gasteiger partial charge >= 0.3 is 5.97 Å². The monoisotopic (exact) mass is 381 g/mol. The van der Waals surface area contributed by atoms with Crippen LogP contribution in [0.4, 0.5) is 0 Å². The van der Waals surface area contributed by atoms with Crippen molar-refractivity contribution in [2.75, 3.05) is 13.7 Å². The van der Waals surface area contributed by atoms with Crippen molar-refractivity contribution in [3.63, 3.8) is 0 Å². The lowest BCUT2D eigenvalue weighted by atomic mass is 10.0. The number of unbranched alkanes of at least 4 members (excludes halogenated alkanes) is 12. The third kappa shape index (κ3) is 15.1. The van der Waals surface area contributed by atoms with Crippen LogP contribution in [0.3, 0.4) is 0 Å². The SMILES string of the molecule is C=C(CNC(=O)C(=O)CCCCCCCCCCCCCCC)C(=O)OC. The Morgan fingerprint density at radius 1 is 0.778 bits per heavy atom. The van der Waals surface area contributed by atoms with E-state index in [-0.39, 0.29) is 18.5 Å². The van der Waals surface area contributed by atoms with E-state index in [0.29, 0.717) is 0 Å². The Labute approximate surface area is 165 Å². The number of carbonyl (C=O) groups excluding carboxylic acids is 3. The first-order valence-corrected chi connectivity index (χ1v) is 10.6. The molecule has 27 heavy (non-hydrogen) atoms. The quantitative estimate of drug-likeness (QED) is 0.159. The smallest absolute Gasteiger partial charge is 0.334 e. The molecule has 0 rings (SSSR count). The van der Waals surface area contributed by atoms with E-state index in [9.17, 15) is 14.4 Å². The van der Waals surface area contributed by atoms with Gasteiger partial charge in [0.1, 0.15) is 0 Å². The summed E-state index contributed by atoms with van der Waals surface area (Å²) in [5.74, 6) is -1.67. The fourth-order valence-corrected chi connectivity index (χ4v) is 2.92. The minimum Gasteiger partial charge on any atom is -0.466 e. The predicted molar refractivity (Wildman–Crippen MR) is 109 cm³/mol. The normalized spacial score (nSPS) is 10.4. The van der Waals surface area contributed by atoms with Crippen LogP contribution < -0.4 is 5.32 Å². The summed E-state index contributed by atoms with van der Waals surface area (Å²) in [5, 5.41) is 2.41. The standard InChI is InChI=1S/C22H39NO4/c1-4-5-6-7-8-9-10-11-12-13-14-15-16-17-20(24)21(25)23-18-19(2)22(26)27-3/h2,4-18H2,1,3H3,(H,23,25). The minimum absolute atomic E-state index is 0.0597. The van der Waals surface area contributed by atoms with Crippen molar-refractivity contribution in [3.8, 4) is 0 Å². The van der Waals surface area contributed by atoms with Crippen molar-refractivity contribution in [1.82, 2.24) is 5.32 Å². The average molecular weight is 382 g/mol. The van der Waals surface area contributed by atoms with E-state index >= 15 is 0 Å². The Balaban J connectivity index is 3.46. The molecule has 0 fully saturated rings. The fourth-order valence-electron chi connectivity index (χ4n) is 2.92. The Hall–Kier alpha value is -1.65. The number of methoxy groups -OCH3 is 1. The summed E-state index contributed by atoms with van der Waals surface area (Å²) in [4.78, 5) is 34.5. The Bertz CT molecular complexity index is 446. The van der Waals surface area contributed by atoms with Crippen molar-refractivity contribution in [2.24, 2.45) is 0 Å². The van der Waals surface area contributed by atoms with Gasteiger partial charge in [0.25, 0.3) is 5.91 Å². The zero-order valence-corrected chi connectivity index (χ0v) is 17.4. The lowest BCUT2D eigenvalue weighted by Crippen LogP contribution is -2.33. The van der Waals surface area contributed by atoms with Crippen LogP contribution in [0.25, 0.3) is 0 Å². The van der Waals surface area contributed by atoms with E-state index in [0.717, 1.165) is 19.3 Å². The third-order valence-corrected chi connectivity index (χ3v) is 4.70. The number of hydrogen-bond donors (Lipinski definition) is 1. The molecule has 0 saturated heterocycles. The van der Waals surface area contributed by atoms with Crippen molar-refractivity contribution in [1.29, 1.82) is 0 Å². The number of amides is 1. The maximum atomic E-state index is 11.7. The van der Waals surface area contributed by atoms with E-state index in [1.54, 1.807) is 0 Å². The van der Waals surface area contributed by atoms with Crippen molar-refractivity contribution >= 4 is 17.7 Å². The van der Waals surface area contributed by atoms with Gasteiger partial charge in [0.2, 0.25) is 5.78 Å². The molecular weight excluding hydrogens is 342 g/mol. The van der Waals surface area contributed by atoms with Gasteiger partial charge in [0, 0.05) is 18.5 Å². The molecule has 0 heterocycles. The number of nitrogens with one attached hydrogen (secondary N) is 1. The number of rotatable bonds is 18. The predicted octanol–water partition coefficient (Wildman–Crippen LogP) is 4.88. The highest BCUT2D eigenvalue weighted by Crippen LogP contribution is 2.13. The number of ketones is 1. The molecule has 5 heteroatoms. The first-order chi connectivity index (χ1) is 13.0. The highest BCUT2D eigenvalue weighted by Gasteiger charge is 2.14. The van der Waals surface area contributed by atoms with E-state index in [1.807, 2.05) is 0 Å². The average Bonchev–Trinajstić information content (AvgIpc) is 2.68. The van der Waals surface area contributed by atoms with Crippen LogP contribution in [0, 0.1) is 0 Å². The molecule has 0 aliphatic rings. The van der Waals surface area contributed by atoms with Gasteiger partial charge in [-0.2, -0.15) is 0 Å². The van der Waals surface area contributed by atoms with E-state index in [1.165, 1.54) is 71.3 Å². The first-order valence-electron chi connectivity index (χ1n) is 10.6. The number of ether oxygens (including phenoxy) is 1. The van der Waals surface area contributed by atoms with Gasteiger partial charge in [-0.25, -0.2) is 4.79 Å². The largest absolute Gasteiger partial charge is 0.466 e. The molecule has 0 aliphatic carbocycles. The Morgan fingerprint density at radius 2 is 1.22 bits per heavy atom. The lowest BCUT2D eigenvalue weighted by Gasteiger charge is -2.06. The van der Waals surface area contributed by atoms with E-state index in [4.69, 9.17) is 0 Å². The molecule has 0 spiro atoms. The van der Waals surface area contributed by atoms with Crippen LogP contribution >= 0.6 is 0 Å². The molecule has 156 valence electrons. The second-order valence-electron chi connectivity index (χ2n) is 7.19. The fraction of sp³-hybridized carbons (Fsp3) is 0.773. The van der Waals surface area contributed by atoms with Gasteiger partial charge in [-0.1, -0.05) is 90.6 Å². The summed E-state index contributed by atoms with van der Waals surface area (Å²) in [6.07, 6.45) is 16.4. The summed E-state index contributed by atoms with van der Waals surface area (Å²) in [6.45, 7) is 5.68. The first kappa shape index (κ1) is 25.4. The van der Waals surface area contributed by atoms with Gasteiger partial charge in [-0.05, 0) is 6.42 Å². The van der Waals surface area contributed by atoms with E-state index in [2.05, 4.69) is 23.6 Å². The molecule has 0 aromatic carbocycles. The van der Waals surface area contributed by atoms with Gasteiger partial charge in [0.15, 0.2) is 0 Å². The van der Waals surface area contributed by atoms with Crippen LogP contribution in [0.2, 0.25) is 0 Å². The summed E-state index contributed by atoms with van der Waals surface area (Å²) in [7, 11) is 1.25. The van der Waals surface area contributed by atoms with Crippen molar-refractivity contribution in [2.45, 2.75) is 96.8 Å². The van der Waals surface area contributed by atoms with Crippen LogP contribution in [0.1, 0.15) is 96.8 Å². The van der Waals surface area contributed by atoms with Crippen LogP contribution in [-0.4, -0.2) is 31.3 Å². The molecule has 0 bridgehead atoms. The lowest BCUT2D eigenvalue weighted by molar-refractivity contribution is -0.138. The number of esters is 1. The van der Waals surface area contributed by atoms with Crippen LogP contribution in [0.5, 0.6) is 0 Å². The summed E-state index contributed by atoms with van der Waals surface area (Å²) < 4.78 is 4.48. The maximum absolute atomic E-state index is 11.7. The number of hydrogen-bond acceptors (Lipinski definition) is 4. The number of Topliss-reactive ketones (excluding diaryl/α,β-unsaturated/α-hetero) is 1. The Kier molecular flexibility index (Phi) is 16.7. The van der Waals surface area contributed by atoms with Gasteiger partial charge in [-0.3, -0.25) is 9.59 Å². The van der Waals surface area contributed by atoms with Crippen LogP contribution in [-0.2, 0) is 19.1 Å². The highest BCUT2D eigenvalue weighted by molar-refractivity contribution is 6.36. The molecule has 1 amide bonds. The number of carbonyl (C=O) groups is 3. The molecule has 1 N–H and O–H groups in total. The molecule has 0 saturated carbocycles. The van der Waals surface area contributed by atoms with Crippen molar-refractivity contribution in [3.05, 3.63) is 12.2 Å². The topological polar surface area (TPSA) is 72.5 Å². The minimum atomic E-state index is -0.654. The van der Waals surface area contributed by atoms with Crippen LogP contribution in [0.15, 0.2) is 12.2 Å². The molecule has 0 aliphatic heterocycles. The molecule has 0 aromatic rings. The molecule has 0 aromatic heterocycles. The zero-order chi connectivity index (χ0) is 20.3. The van der Waals surface area contributed by atoms with E-state index < -0.39 is 17.7 Å². The second kappa shape index (κ2) is 17.7. The summed E-state index contributed by atoms with van der Waals surface area (Å²) in [5.41, 5.74) is 0.125. The van der Waals surface area contributed by atoms with Gasteiger partial charge in [-0.15, -0.1) is 0 Å². The molecule has 0 radical (unpaired) electrons. The molecule has 5 nitrogen and oxygen atoms in total. The summed E-state index contributed by atoms with van der Waals surface area (Å²) in [6, 6.07) is 0.